The molecule has 0 spiro atoms. The maximum absolute atomic E-state index is 13.8. The molecule has 0 aromatic rings. The SMILES string of the molecule is COC(=O)C(F)(OC(F)(C(F)(F)F)C(F)(F)OC(F)(C(=O)F)C(F)(F)F)C(F)(F)F. The molecule has 3 unspecified atom stereocenters. The van der Waals surface area contributed by atoms with Gasteiger partial charge in [-0.2, -0.15) is 65.9 Å². The van der Waals surface area contributed by atoms with Crippen LogP contribution in [0.4, 0.5) is 65.9 Å². The Bertz CT molecular complexity index is 668. The van der Waals surface area contributed by atoms with Crippen molar-refractivity contribution < 1.29 is 89.7 Å². The smallest absolute Gasteiger partial charge is 0.460 e. The predicted molar refractivity (Wildman–Crippen MR) is 54.9 cm³/mol. The molecule has 0 aliphatic carbocycles. The number of esters is 1. The van der Waals surface area contributed by atoms with Gasteiger partial charge in [0.2, 0.25) is 0 Å². The first kappa shape index (κ1) is 28.0. The van der Waals surface area contributed by atoms with Crippen LogP contribution in [0.1, 0.15) is 0 Å². The van der Waals surface area contributed by atoms with E-state index in [1.807, 2.05) is 4.74 Å². The zero-order chi connectivity index (χ0) is 24.8. The summed E-state index contributed by atoms with van der Waals surface area (Å²) in [7, 11) is -0.216. The summed E-state index contributed by atoms with van der Waals surface area (Å²) in [5.74, 6) is -25.4. The van der Waals surface area contributed by atoms with Crippen LogP contribution in [0.2, 0.25) is 0 Å². The van der Waals surface area contributed by atoms with Crippen molar-refractivity contribution in [1.29, 1.82) is 0 Å². The zero-order valence-electron chi connectivity index (χ0n) is 13.2. The van der Waals surface area contributed by atoms with E-state index in [1.165, 1.54) is 0 Å². The molecule has 0 saturated carbocycles. The number of halogens is 15. The van der Waals surface area contributed by atoms with Crippen molar-refractivity contribution in [2.75, 3.05) is 7.11 Å². The molecule has 0 aromatic heterocycles. The van der Waals surface area contributed by atoms with Gasteiger partial charge >= 0.3 is 54.2 Å². The molecule has 0 amide bonds. The van der Waals surface area contributed by atoms with E-state index in [0.717, 1.165) is 0 Å². The number of carbonyl (C=O) groups is 2. The third kappa shape index (κ3) is 4.52. The van der Waals surface area contributed by atoms with E-state index < -0.39 is 54.2 Å². The molecule has 0 radical (unpaired) electrons. The van der Waals surface area contributed by atoms with Gasteiger partial charge in [0.05, 0.1) is 7.11 Å². The van der Waals surface area contributed by atoms with Crippen LogP contribution >= 0.6 is 0 Å². The maximum atomic E-state index is 13.8. The Balaban J connectivity index is 6.78. The van der Waals surface area contributed by atoms with Gasteiger partial charge in [-0.25, -0.2) is 4.79 Å². The van der Waals surface area contributed by atoms with Crippen molar-refractivity contribution >= 4 is 12.0 Å². The molecule has 0 N–H and O–H groups in total. The van der Waals surface area contributed by atoms with Crippen LogP contribution < -0.4 is 0 Å². The standard InChI is InChI=1S/C10H3F15O5/c1-28-3(27)5(13,8(18,19)20)29-6(14,9(21,22)23)10(24,25)30-4(12,2(11)26)7(15,16)17/h1H3. The lowest BCUT2D eigenvalue weighted by molar-refractivity contribution is -0.524. The molecule has 0 aromatic carbocycles. The highest BCUT2D eigenvalue weighted by atomic mass is 19.4. The molecule has 3 atom stereocenters. The number of methoxy groups -OCH3 is 1. The van der Waals surface area contributed by atoms with Crippen LogP contribution in [0.15, 0.2) is 0 Å². The molecular formula is C10H3F15O5. The summed E-state index contributed by atoms with van der Waals surface area (Å²) in [6.45, 7) is 0. The summed E-state index contributed by atoms with van der Waals surface area (Å²) >= 11 is 0. The molecule has 0 rings (SSSR count). The van der Waals surface area contributed by atoms with Gasteiger partial charge in [0.25, 0.3) is 0 Å². The molecule has 0 bridgehead atoms. The van der Waals surface area contributed by atoms with Gasteiger partial charge in [0.15, 0.2) is 0 Å². The van der Waals surface area contributed by atoms with Crippen LogP contribution in [-0.4, -0.2) is 61.3 Å². The summed E-state index contributed by atoms with van der Waals surface area (Å²) in [6, 6.07) is -4.67. The number of hydrogen-bond donors (Lipinski definition) is 0. The number of hydrogen-bond acceptors (Lipinski definition) is 5. The van der Waals surface area contributed by atoms with E-state index in [0.29, 0.717) is 0 Å². The fourth-order valence-electron chi connectivity index (χ4n) is 1.27. The fourth-order valence-corrected chi connectivity index (χ4v) is 1.27. The second-order valence-electron chi connectivity index (χ2n) is 4.77. The summed E-state index contributed by atoms with van der Waals surface area (Å²) in [5.41, 5.74) is 0. The Morgan fingerprint density at radius 2 is 0.967 bits per heavy atom. The van der Waals surface area contributed by atoms with Gasteiger partial charge in [0, 0.05) is 0 Å². The van der Waals surface area contributed by atoms with E-state index >= 15 is 0 Å². The van der Waals surface area contributed by atoms with Crippen molar-refractivity contribution in [3.8, 4) is 0 Å². The monoisotopic (exact) mass is 488 g/mol. The van der Waals surface area contributed by atoms with Crippen molar-refractivity contribution in [1.82, 2.24) is 0 Å². The summed E-state index contributed by atoms with van der Waals surface area (Å²) in [4.78, 5) is 20.7. The number of carbonyl (C=O) groups excluding carboxylic acids is 2. The third-order valence-electron chi connectivity index (χ3n) is 2.72. The third-order valence-corrected chi connectivity index (χ3v) is 2.72. The first-order chi connectivity index (χ1) is 12.8. The quantitative estimate of drug-likeness (QED) is 0.309. The average Bonchev–Trinajstić information content (AvgIpc) is 2.49. The van der Waals surface area contributed by atoms with Crippen molar-refractivity contribution in [2.45, 2.75) is 42.2 Å². The van der Waals surface area contributed by atoms with Crippen LogP contribution in [0, 0.1) is 0 Å². The van der Waals surface area contributed by atoms with Crippen LogP contribution in [-0.2, 0) is 23.8 Å². The Morgan fingerprint density at radius 1 is 0.600 bits per heavy atom. The molecule has 0 fully saturated rings. The van der Waals surface area contributed by atoms with Crippen molar-refractivity contribution in [2.24, 2.45) is 0 Å². The maximum Gasteiger partial charge on any atom is 0.460 e. The van der Waals surface area contributed by atoms with Gasteiger partial charge in [0.1, 0.15) is 0 Å². The minimum atomic E-state index is -7.80. The molecule has 0 aliphatic rings. The second kappa shape index (κ2) is 7.61. The van der Waals surface area contributed by atoms with Gasteiger partial charge in [-0.15, -0.1) is 0 Å². The lowest BCUT2D eigenvalue weighted by Crippen LogP contribution is -2.68. The highest BCUT2D eigenvalue weighted by molar-refractivity contribution is 5.79. The Kier molecular flexibility index (Phi) is 7.10. The van der Waals surface area contributed by atoms with Gasteiger partial charge < -0.3 is 4.74 Å². The summed E-state index contributed by atoms with van der Waals surface area (Å²) in [6.07, 6.45) is -30.0. The largest absolute Gasteiger partial charge is 0.465 e. The molecule has 0 aliphatic heterocycles. The average molecular weight is 488 g/mol. The van der Waals surface area contributed by atoms with Gasteiger partial charge in [-0.1, -0.05) is 0 Å². The topological polar surface area (TPSA) is 61.8 Å². The normalized spacial score (nSPS) is 20.0. The number of rotatable bonds is 7. The Hall–Kier alpha value is -1.99. The lowest BCUT2D eigenvalue weighted by Gasteiger charge is -2.39. The Labute approximate surface area is 152 Å². The highest BCUT2D eigenvalue weighted by Gasteiger charge is 2.84. The molecule has 30 heavy (non-hydrogen) atoms. The van der Waals surface area contributed by atoms with E-state index in [2.05, 4.69) is 4.74 Å². The minimum absolute atomic E-state index is 0.216. The van der Waals surface area contributed by atoms with Crippen LogP contribution in [0.3, 0.4) is 0 Å². The summed E-state index contributed by atoms with van der Waals surface area (Å²) < 4.78 is 198. The van der Waals surface area contributed by atoms with Crippen LogP contribution in [0.5, 0.6) is 0 Å². The van der Waals surface area contributed by atoms with Gasteiger partial charge in [-0.05, 0) is 0 Å². The highest BCUT2D eigenvalue weighted by Crippen LogP contribution is 2.54. The Morgan fingerprint density at radius 3 is 1.20 bits per heavy atom. The fraction of sp³-hybridized carbons (Fsp3) is 0.800. The van der Waals surface area contributed by atoms with E-state index in [9.17, 15) is 75.4 Å². The van der Waals surface area contributed by atoms with E-state index in [1.54, 1.807) is 4.74 Å². The molecule has 0 heterocycles. The first-order valence-electron chi connectivity index (χ1n) is 6.17. The van der Waals surface area contributed by atoms with E-state index in [4.69, 9.17) is 0 Å². The number of alkyl halides is 14. The molecular weight excluding hydrogens is 485 g/mol. The second-order valence-corrected chi connectivity index (χ2v) is 4.77. The zero-order valence-corrected chi connectivity index (χ0v) is 13.2. The first-order valence-corrected chi connectivity index (χ1v) is 6.17. The van der Waals surface area contributed by atoms with E-state index in [-0.39, 0.29) is 7.11 Å². The molecule has 0 saturated heterocycles. The molecule has 178 valence electrons. The minimum Gasteiger partial charge on any atom is -0.465 e. The van der Waals surface area contributed by atoms with Crippen molar-refractivity contribution in [3.63, 3.8) is 0 Å². The van der Waals surface area contributed by atoms with Gasteiger partial charge in [-0.3, -0.25) is 14.3 Å². The molecule has 20 heteroatoms. The molecule has 5 nitrogen and oxygen atoms in total. The lowest BCUT2D eigenvalue weighted by atomic mass is 10.2. The van der Waals surface area contributed by atoms with Crippen LogP contribution in [0.25, 0.3) is 0 Å². The predicted octanol–water partition coefficient (Wildman–Crippen LogP) is 3.97. The number of ether oxygens (including phenoxy) is 3. The summed E-state index contributed by atoms with van der Waals surface area (Å²) in [5, 5.41) is 0. The van der Waals surface area contributed by atoms with Crippen molar-refractivity contribution in [3.05, 3.63) is 0 Å².